The molecule has 0 saturated heterocycles. The van der Waals surface area contributed by atoms with Crippen molar-refractivity contribution in [2.45, 2.75) is 26.3 Å². The van der Waals surface area contributed by atoms with E-state index in [0.717, 1.165) is 6.42 Å². The van der Waals surface area contributed by atoms with Gasteiger partial charge in [0.1, 0.15) is 11.8 Å². The van der Waals surface area contributed by atoms with E-state index in [1.807, 2.05) is 6.92 Å². The minimum atomic E-state index is -0.646. The van der Waals surface area contributed by atoms with Crippen LogP contribution in [0.15, 0.2) is 12.1 Å². The Kier molecular flexibility index (Phi) is 7.79. The maximum absolute atomic E-state index is 11.7. The number of rotatable bonds is 7. The van der Waals surface area contributed by atoms with E-state index in [9.17, 15) is 9.59 Å². The van der Waals surface area contributed by atoms with Crippen molar-refractivity contribution in [2.24, 2.45) is 0 Å². The summed E-state index contributed by atoms with van der Waals surface area (Å²) in [5, 5.41) is 6.03. The molecule has 0 aromatic heterocycles. The predicted octanol–water partition coefficient (Wildman–Crippen LogP) is 3.06. The smallest absolute Gasteiger partial charge is 0.258 e. The Bertz CT molecular complexity index is 552. The zero-order valence-corrected chi connectivity index (χ0v) is 14.5. The lowest BCUT2D eigenvalue weighted by atomic mass is 10.3. The van der Waals surface area contributed by atoms with Gasteiger partial charge in [-0.1, -0.05) is 41.7 Å². The van der Waals surface area contributed by atoms with Crippen LogP contribution in [0.2, 0.25) is 15.1 Å². The molecule has 0 saturated carbocycles. The van der Waals surface area contributed by atoms with Crippen LogP contribution in [-0.4, -0.2) is 31.0 Å². The van der Waals surface area contributed by atoms with Crippen molar-refractivity contribution in [2.75, 3.05) is 13.2 Å². The SMILES string of the molecule is CCCNC(=O)[C@H](C)NC(=O)COc1cc(Cl)c(Cl)cc1Cl. The highest BCUT2D eigenvalue weighted by Gasteiger charge is 2.16. The van der Waals surface area contributed by atoms with Crippen LogP contribution >= 0.6 is 34.8 Å². The molecule has 122 valence electrons. The van der Waals surface area contributed by atoms with Crippen molar-refractivity contribution < 1.29 is 14.3 Å². The number of carbonyl (C=O) groups excluding carboxylic acids is 2. The third-order valence-corrected chi connectivity index (χ3v) is 3.67. The topological polar surface area (TPSA) is 67.4 Å². The molecule has 1 aromatic rings. The standard InChI is InChI=1S/C14H17Cl3N2O3/c1-3-4-18-14(21)8(2)19-13(20)7-22-12-6-10(16)9(15)5-11(12)17/h5-6,8H,3-4,7H2,1-2H3,(H,18,21)(H,19,20)/t8-/m0/s1. The summed E-state index contributed by atoms with van der Waals surface area (Å²) in [6.45, 7) is 3.81. The van der Waals surface area contributed by atoms with E-state index in [0.29, 0.717) is 11.6 Å². The molecule has 5 nitrogen and oxygen atoms in total. The van der Waals surface area contributed by atoms with Crippen LogP contribution in [0.1, 0.15) is 20.3 Å². The Morgan fingerprint density at radius 1 is 1.18 bits per heavy atom. The number of hydrogen-bond donors (Lipinski definition) is 2. The zero-order chi connectivity index (χ0) is 16.7. The molecule has 0 unspecified atom stereocenters. The fraction of sp³-hybridized carbons (Fsp3) is 0.429. The number of halogens is 3. The predicted molar refractivity (Wildman–Crippen MR) is 87.9 cm³/mol. The number of carbonyl (C=O) groups is 2. The van der Waals surface area contributed by atoms with Gasteiger partial charge in [-0.25, -0.2) is 0 Å². The summed E-state index contributed by atoms with van der Waals surface area (Å²) in [6, 6.07) is 2.21. The van der Waals surface area contributed by atoms with Gasteiger partial charge in [-0.05, 0) is 19.4 Å². The zero-order valence-electron chi connectivity index (χ0n) is 12.2. The molecule has 0 spiro atoms. The number of ether oxygens (including phenoxy) is 1. The van der Waals surface area contributed by atoms with E-state index in [4.69, 9.17) is 39.5 Å². The van der Waals surface area contributed by atoms with E-state index in [2.05, 4.69) is 10.6 Å². The second kappa shape index (κ2) is 9.08. The summed E-state index contributed by atoms with van der Waals surface area (Å²) in [5.41, 5.74) is 0. The molecule has 0 aliphatic rings. The van der Waals surface area contributed by atoms with Gasteiger partial charge in [0, 0.05) is 12.6 Å². The number of nitrogens with one attached hydrogen (secondary N) is 2. The van der Waals surface area contributed by atoms with Gasteiger partial charge < -0.3 is 15.4 Å². The van der Waals surface area contributed by atoms with Gasteiger partial charge in [-0.15, -0.1) is 0 Å². The third-order valence-electron chi connectivity index (χ3n) is 2.65. The molecule has 2 N–H and O–H groups in total. The van der Waals surface area contributed by atoms with Crippen molar-refractivity contribution in [1.82, 2.24) is 10.6 Å². The van der Waals surface area contributed by atoms with Gasteiger partial charge in [-0.3, -0.25) is 9.59 Å². The van der Waals surface area contributed by atoms with E-state index < -0.39 is 11.9 Å². The summed E-state index contributed by atoms with van der Waals surface area (Å²) in [6.07, 6.45) is 0.825. The highest BCUT2D eigenvalue weighted by Crippen LogP contribution is 2.33. The largest absolute Gasteiger partial charge is 0.482 e. The summed E-state index contributed by atoms with van der Waals surface area (Å²) in [4.78, 5) is 23.4. The molecule has 22 heavy (non-hydrogen) atoms. The maximum Gasteiger partial charge on any atom is 0.258 e. The van der Waals surface area contributed by atoms with Gasteiger partial charge in [0.05, 0.1) is 15.1 Å². The molecular formula is C14H17Cl3N2O3. The Balaban J connectivity index is 2.49. The average Bonchev–Trinajstić information content (AvgIpc) is 2.46. The van der Waals surface area contributed by atoms with Crippen LogP contribution in [0, 0.1) is 0 Å². The van der Waals surface area contributed by atoms with Crippen LogP contribution in [0.4, 0.5) is 0 Å². The molecule has 2 amide bonds. The summed E-state index contributed by atoms with van der Waals surface area (Å²) < 4.78 is 5.28. The van der Waals surface area contributed by atoms with Crippen LogP contribution in [0.3, 0.4) is 0 Å². The lowest BCUT2D eigenvalue weighted by Gasteiger charge is -2.14. The molecule has 1 aromatic carbocycles. The van der Waals surface area contributed by atoms with Crippen LogP contribution in [0.25, 0.3) is 0 Å². The molecule has 0 fully saturated rings. The molecule has 0 aliphatic heterocycles. The number of benzene rings is 1. The number of hydrogen-bond acceptors (Lipinski definition) is 3. The summed E-state index contributed by atoms with van der Waals surface area (Å²) in [7, 11) is 0. The molecule has 8 heteroatoms. The Hall–Kier alpha value is -1.17. The third kappa shape index (κ3) is 5.91. The lowest BCUT2D eigenvalue weighted by molar-refractivity contribution is -0.129. The first-order valence-electron chi connectivity index (χ1n) is 6.69. The van der Waals surface area contributed by atoms with E-state index in [1.165, 1.54) is 12.1 Å². The highest BCUT2D eigenvalue weighted by molar-refractivity contribution is 6.43. The van der Waals surface area contributed by atoms with Crippen LogP contribution < -0.4 is 15.4 Å². The lowest BCUT2D eigenvalue weighted by Crippen LogP contribution is -2.46. The molecule has 0 aliphatic carbocycles. The van der Waals surface area contributed by atoms with Crippen molar-refractivity contribution >= 4 is 46.6 Å². The van der Waals surface area contributed by atoms with E-state index >= 15 is 0 Å². The fourth-order valence-corrected chi connectivity index (χ4v) is 2.10. The first kappa shape index (κ1) is 18.9. The Morgan fingerprint density at radius 3 is 2.45 bits per heavy atom. The molecule has 0 bridgehead atoms. The Morgan fingerprint density at radius 2 is 1.82 bits per heavy atom. The molecule has 1 atom stereocenters. The minimum Gasteiger partial charge on any atom is -0.482 e. The monoisotopic (exact) mass is 366 g/mol. The van der Waals surface area contributed by atoms with Crippen LogP contribution in [-0.2, 0) is 9.59 Å². The normalized spacial score (nSPS) is 11.7. The number of amides is 2. The molecule has 1 rings (SSSR count). The van der Waals surface area contributed by atoms with Crippen molar-refractivity contribution in [1.29, 1.82) is 0 Å². The second-order valence-corrected chi connectivity index (χ2v) is 5.79. The van der Waals surface area contributed by atoms with Crippen LogP contribution in [0.5, 0.6) is 5.75 Å². The van der Waals surface area contributed by atoms with Gasteiger partial charge in [0.25, 0.3) is 5.91 Å². The molecular weight excluding hydrogens is 351 g/mol. The highest BCUT2D eigenvalue weighted by atomic mass is 35.5. The quantitative estimate of drug-likeness (QED) is 0.728. The van der Waals surface area contributed by atoms with Crippen molar-refractivity contribution in [3.8, 4) is 5.75 Å². The van der Waals surface area contributed by atoms with Crippen molar-refractivity contribution in [3.63, 3.8) is 0 Å². The van der Waals surface area contributed by atoms with Gasteiger partial charge >= 0.3 is 0 Å². The summed E-state index contributed by atoms with van der Waals surface area (Å²) in [5.74, 6) is -0.446. The van der Waals surface area contributed by atoms with Gasteiger partial charge in [0.15, 0.2) is 6.61 Å². The first-order chi connectivity index (χ1) is 10.3. The van der Waals surface area contributed by atoms with E-state index in [-0.39, 0.29) is 28.3 Å². The van der Waals surface area contributed by atoms with Crippen molar-refractivity contribution in [3.05, 3.63) is 27.2 Å². The molecule has 0 radical (unpaired) electrons. The van der Waals surface area contributed by atoms with Gasteiger partial charge in [-0.2, -0.15) is 0 Å². The Labute approximate surface area is 144 Å². The second-order valence-electron chi connectivity index (χ2n) is 4.57. The van der Waals surface area contributed by atoms with E-state index in [1.54, 1.807) is 6.92 Å². The fourth-order valence-electron chi connectivity index (χ4n) is 1.51. The average molecular weight is 368 g/mol. The summed E-state index contributed by atoms with van der Waals surface area (Å²) >= 11 is 17.6. The maximum atomic E-state index is 11.7. The first-order valence-corrected chi connectivity index (χ1v) is 7.83. The van der Waals surface area contributed by atoms with Gasteiger partial charge in [0.2, 0.25) is 5.91 Å². The minimum absolute atomic E-state index is 0.245. The molecule has 0 heterocycles.